The molecule has 0 saturated heterocycles. The van der Waals surface area contributed by atoms with Gasteiger partial charge in [0, 0.05) is 5.38 Å². The zero-order valence-electron chi connectivity index (χ0n) is 9.10. The van der Waals surface area contributed by atoms with E-state index in [0.717, 1.165) is 5.56 Å². The van der Waals surface area contributed by atoms with Crippen LogP contribution in [-0.2, 0) is 0 Å². The van der Waals surface area contributed by atoms with Crippen LogP contribution >= 0.6 is 34.8 Å². The van der Waals surface area contributed by atoms with Crippen molar-refractivity contribution in [1.82, 2.24) is 0 Å². The lowest BCUT2D eigenvalue weighted by Gasteiger charge is -2.22. The number of hydrogen-bond donors (Lipinski definition) is 0. The third-order valence-corrected chi connectivity index (χ3v) is 4.20. The van der Waals surface area contributed by atoms with E-state index < -0.39 is 0 Å². The summed E-state index contributed by atoms with van der Waals surface area (Å²) < 4.78 is 0. The molecule has 15 heavy (non-hydrogen) atoms. The lowest BCUT2D eigenvalue weighted by Crippen LogP contribution is -2.16. The van der Waals surface area contributed by atoms with E-state index in [0.29, 0.717) is 16.0 Å². The van der Waals surface area contributed by atoms with Crippen LogP contribution in [0.1, 0.15) is 32.3 Å². The minimum atomic E-state index is 0.113. The van der Waals surface area contributed by atoms with E-state index in [4.69, 9.17) is 34.8 Å². The molecule has 2 unspecified atom stereocenters. The molecule has 1 rings (SSSR count). The van der Waals surface area contributed by atoms with Crippen LogP contribution in [0.3, 0.4) is 0 Å². The van der Waals surface area contributed by atoms with Crippen molar-refractivity contribution in [1.29, 1.82) is 0 Å². The molecular formula is C12H15Cl3. The third kappa shape index (κ3) is 3.27. The summed E-state index contributed by atoms with van der Waals surface area (Å²) in [6, 6.07) is 5.70. The molecule has 3 heteroatoms. The van der Waals surface area contributed by atoms with Crippen molar-refractivity contribution in [3.8, 4) is 0 Å². The minimum absolute atomic E-state index is 0.113. The monoisotopic (exact) mass is 264 g/mol. The highest BCUT2D eigenvalue weighted by atomic mass is 35.5. The van der Waals surface area contributed by atoms with Gasteiger partial charge in [0.1, 0.15) is 0 Å². The van der Waals surface area contributed by atoms with Gasteiger partial charge >= 0.3 is 0 Å². The summed E-state index contributed by atoms with van der Waals surface area (Å²) in [5, 5.41) is 1.29. The van der Waals surface area contributed by atoms with E-state index in [9.17, 15) is 0 Å². The highest BCUT2D eigenvalue weighted by Crippen LogP contribution is 2.32. The second-order valence-electron chi connectivity index (χ2n) is 4.15. The maximum Gasteiger partial charge on any atom is 0.0595 e. The summed E-state index contributed by atoms with van der Waals surface area (Å²) in [6.45, 7) is 6.34. The molecule has 0 amide bonds. The second kappa shape index (κ2) is 5.43. The molecule has 2 atom stereocenters. The van der Waals surface area contributed by atoms with Gasteiger partial charge in [-0.25, -0.2) is 0 Å². The molecule has 0 N–H and O–H groups in total. The lowest BCUT2D eigenvalue weighted by atomic mass is 9.91. The van der Waals surface area contributed by atoms with Gasteiger partial charge in [0.15, 0.2) is 0 Å². The molecule has 0 spiro atoms. The van der Waals surface area contributed by atoms with Crippen molar-refractivity contribution >= 4 is 34.8 Å². The average Bonchev–Trinajstić information content (AvgIpc) is 2.19. The number of halogens is 3. The first kappa shape index (κ1) is 13.2. The van der Waals surface area contributed by atoms with Crippen LogP contribution in [0, 0.1) is 5.92 Å². The van der Waals surface area contributed by atoms with Crippen LogP contribution in [-0.4, -0.2) is 5.38 Å². The fourth-order valence-electron chi connectivity index (χ4n) is 1.56. The zero-order chi connectivity index (χ0) is 11.6. The Kier molecular flexibility index (Phi) is 4.76. The van der Waals surface area contributed by atoms with E-state index in [1.54, 1.807) is 0 Å². The van der Waals surface area contributed by atoms with Gasteiger partial charge in [-0.15, -0.1) is 11.6 Å². The van der Waals surface area contributed by atoms with Gasteiger partial charge in [-0.05, 0) is 29.5 Å². The number of rotatable bonds is 3. The van der Waals surface area contributed by atoms with Gasteiger partial charge in [0.05, 0.1) is 10.0 Å². The van der Waals surface area contributed by atoms with E-state index in [2.05, 4.69) is 20.8 Å². The van der Waals surface area contributed by atoms with Crippen LogP contribution in [0.5, 0.6) is 0 Å². The molecule has 0 fully saturated rings. The third-order valence-electron chi connectivity index (χ3n) is 2.58. The molecule has 0 heterocycles. The van der Waals surface area contributed by atoms with Gasteiger partial charge in [-0.3, -0.25) is 0 Å². The molecule has 0 aromatic heterocycles. The van der Waals surface area contributed by atoms with E-state index in [1.807, 2.05) is 18.2 Å². The summed E-state index contributed by atoms with van der Waals surface area (Å²) in [7, 11) is 0. The predicted molar refractivity (Wildman–Crippen MR) is 69.4 cm³/mol. The highest BCUT2D eigenvalue weighted by molar-refractivity contribution is 6.42. The van der Waals surface area contributed by atoms with Crippen LogP contribution in [0.2, 0.25) is 10.0 Å². The van der Waals surface area contributed by atoms with Crippen LogP contribution in [0.4, 0.5) is 0 Å². The van der Waals surface area contributed by atoms with Crippen molar-refractivity contribution in [3.05, 3.63) is 33.8 Å². The summed E-state index contributed by atoms with van der Waals surface area (Å²) >= 11 is 18.1. The minimum Gasteiger partial charge on any atom is -0.122 e. The first-order chi connectivity index (χ1) is 6.93. The molecule has 1 aromatic rings. The van der Waals surface area contributed by atoms with Gasteiger partial charge in [0.2, 0.25) is 0 Å². The lowest BCUT2D eigenvalue weighted by molar-refractivity contribution is 0.534. The number of benzene rings is 1. The Bertz CT molecular complexity index is 334. The smallest absolute Gasteiger partial charge is 0.0595 e. The second-order valence-corrected chi connectivity index (χ2v) is 5.47. The summed E-state index contributed by atoms with van der Waals surface area (Å²) in [5.41, 5.74) is 1.14. The fraction of sp³-hybridized carbons (Fsp3) is 0.500. The summed E-state index contributed by atoms with van der Waals surface area (Å²) in [6.07, 6.45) is 0. The number of alkyl halides is 1. The van der Waals surface area contributed by atoms with Crippen molar-refractivity contribution in [2.75, 3.05) is 0 Å². The van der Waals surface area contributed by atoms with E-state index in [1.165, 1.54) is 0 Å². The predicted octanol–water partition coefficient (Wildman–Crippen LogP) is 5.36. The fourth-order valence-corrected chi connectivity index (χ4v) is 2.01. The Morgan fingerprint density at radius 1 is 1.00 bits per heavy atom. The quantitative estimate of drug-likeness (QED) is 0.645. The maximum absolute atomic E-state index is 6.32. The SMILES string of the molecule is CC(C)C(Cl)C(C)c1ccc(Cl)c(Cl)c1. The van der Waals surface area contributed by atoms with Crippen LogP contribution in [0.15, 0.2) is 18.2 Å². The van der Waals surface area contributed by atoms with Crippen molar-refractivity contribution < 1.29 is 0 Å². The first-order valence-electron chi connectivity index (χ1n) is 5.02. The highest BCUT2D eigenvalue weighted by Gasteiger charge is 2.20. The Labute approximate surface area is 107 Å². The average molecular weight is 266 g/mol. The zero-order valence-corrected chi connectivity index (χ0v) is 11.4. The van der Waals surface area contributed by atoms with Gasteiger partial charge in [0.25, 0.3) is 0 Å². The van der Waals surface area contributed by atoms with Crippen LogP contribution < -0.4 is 0 Å². The van der Waals surface area contributed by atoms with Gasteiger partial charge in [-0.2, -0.15) is 0 Å². The normalized spacial score (nSPS) is 15.4. The summed E-state index contributed by atoms with van der Waals surface area (Å²) in [4.78, 5) is 0. The largest absolute Gasteiger partial charge is 0.122 e. The molecule has 1 aromatic carbocycles. The van der Waals surface area contributed by atoms with Crippen molar-refractivity contribution in [2.24, 2.45) is 5.92 Å². The first-order valence-corrected chi connectivity index (χ1v) is 6.21. The molecule has 0 bridgehead atoms. The molecule has 0 aliphatic heterocycles. The topological polar surface area (TPSA) is 0 Å². The maximum atomic E-state index is 6.32. The van der Waals surface area contributed by atoms with Crippen molar-refractivity contribution in [3.63, 3.8) is 0 Å². The Balaban J connectivity index is 2.91. The Hall–Kier alpha value is 0.0900. The van der Waals surface area contributed by atoms with Gasteiger partial charge < -0.3 is 0 Å². The molecule has 0 saturated carbocycles. The molecular weight excluding hydrogens is 250 g/mol. The molecule has 84 valence electrons. The van der Waals surface area contributed by atoms with Crippen molar-refractivity contribution in [2.45, 2.75) is 32.1 Å². The van der Waals surface area contributed by atoms with Crippen LogP contribution in [0.25, 0.3) is 0 Å². The Morgan fingerprint density at radius 3 is 2.07 bits per heavy atom. The van der Waals surface area contributed by atoms with Gasteiger partial charge in [-0.1, -0.05) is 50.0 Å². The van der Waals surface area contributed by atoms with E-state index >= 15 is 0 Å². The summed E-state index contributed by atoms with van der Waals surface area (Å²) in [5.74, 6) is 0.720. The molecule has 0 aliphatic carbocycles. The Morgan fingerprint density at radius 2 is 1.60 bits per heavy atom. The molecule has 0 radical (unpaired) electrons. The number of hydrogen-bond acceptors (Lipinski definition) is 0. The van der Waals surface area contributed by atoms with E-state index in [-0.39, 0.29) is 11.3 Å². The molecule has 0 nitrogen and oxygen atoms in total. The molecule has 0 aliphatic rings. The standard InChI is InChI=1S/C12H15Cl3/c1-7(2)12(15)8(3)9-4-5-10(13)11(14)6-9/h4-8,12H,1-3H3.